The first-order valence-corrected chi connectivity index (χ1v) is 32.0. The van der Waals surface area contributed by atoms with Crippen molar-refractivity contribution < 1.29 is 118 Å². The fourth-order valence-electron chi connectivity index (χ4n) is 12.4. The third kappa shape index (κ3) is 15.3. The number of nitrogens with two attached hydrogens (primary N) is 2. The molecule has 536 valence electrons. The van der Waals surface area contributed by atoms with Gasteiger partial charge in [-0.2, -0.15) is 0 Å². The smallest absolute Gasteiger partial charge is 0.330 e. The number of likely N-dealkylation sites (N-methyl/N-ethyl adjacent to an activating group) is 1. The van der Waals surface area contributed by atoms with Crippen LogP contribution in [0.1, 0.15) is 105 Å². The normalized spacial score (nSPS) is 29.6. The number of carbonyl (C=O) groups excluding carboxylic acids is 7. The van der Waals surface area contributed by atoms with E-state index in [1.54, 1.807) is 6.92 Å². The van der Waals surface area contributed by atoms with Gasteiger partial charge in [-0.1, -0.05) is 54.7 Å². The van der Waals surface area contributed by atoms with Crippen LogP contribution in [0, 0.1) is 0 Å². The van der Waals surface area contributed by atoms with Crippen molar-refractivity contribution in [3.63, 3.8) is 0 Å². The van der Waals surface area contributed by atoms with Gasteiger partial charge in [-0.15, -0.1) is 0 Å². The molecule has 7 amide bonds. The first-order chi connectivity index (χ1) is 47.3. The predicted octanol–water partition coefficient (Wildman–Crippen LogP) is -0.140. The summed E-state index contributed by atoms with van der Waals surface area (Å²) in [6.07, 6.45) is -18.1. The lowest BCUT2D eigenvalue weighted by atomic mass is 9.86. The quantitative estimate of drug-likeness (QED) is 0.0729. The van der Waals surface area contributed by atoms with E-state index in [0.29, 0.717) is 6.42 Å². The molecule has 0 aliphatic carbocycles. The third-order valence-corrected chi connectivity index (χ3v) is 18.2. The topological polar surface area (TPSA) is 530 Å². The summed E-state index contributed by atoms with van der Waals surface area (Å²) in [5, 5.41) is 130. The SMILES string of the molecule is CCCC(NC)C(=O)NC1C(=O)NC(CC(N)=O)C(=O)NC2C(=O)NC3C(=O)NC(C(=O)NC(C(=O)O)c4cc(O)cc(O)c4-c4cc3ccc4O)C(O)c3ccc(c(Cl)c3)Oc3cc2cc(c3OC2OC(CO)C(O)C(O)C2OC2CC(C)(N)C(O)C(C)O2)Oc2ccc(cc2Cl)C1O. The molecule has 18 unspecified atom stereocenters. The molecule has 21 N–H and O–H groups in total. The Bertz CT molecular complexity index is 4040. The molecule has 5 aromatic carbocycles. The number of halogens is 2. The molecule has 33 nitrogen and oxygen atoms in total. The van der Waals surface area contributed by atoms with Crippen molar-refractivity contribution in [3.8, 4) is 57.1 Å². The van der Waals surface area contributed by atoms with Crippen LogP contribution in [-0.2, 0) is 52.6 Å². The molecule has 0 spiro atoms. The van der Waals surface area contributed by atoms with Crippen molar-refractivity contribution in [2.24, 2.45) is 11.5 Å². The molecule has 11 bridgehead atoms. The van der Waals surface area contributed by atoms with Gasteiger partial charge in [0.1, 0.15) is 89.5 Å². The number of hydrogen-bond acceptors (Lipinski definition) is 25. The van der Waals surface area contributed by atoms with Gasteiger partial charge in [0, 0.05) is 34.7 Å². The van der Waals surface area contributed by atoms with Gasteiger partial charge in [-0.05, 0) is 104 Å². The summed E-state index contributed by atoms with van der Waals surface area (Å²) >= 11 is 14.1. The van der Waals surface area contributed by atoms with Crippen LogP contribution in [-0.4, -0.2) is 191 Å². The molecule has 7 heterocycles. The second kappa shape index (κ2) is 29.9. The number of hydrogen-bond donors (Lipinski definition) is 19. The van der Waals surface area contributed by atoms with Crippen molar-refractivity contribution in [1.29, 1.82) is 0 Å². The van der Waals surface area contributed by atoms with Crippen LogP contribution in [0.5, 0.6) is 46.0 Å². The van der Waals surface area contributed by atoms with Crippen LogP contribution >= 0.6 is 23.2 Å². The Morgan fingerprint density at radius 1 is 0.720 bits per heavy atom. The highest BCUT2D eigenvalue weighted by atomic mass is 35.5. The van der Waals surface area contributed by atoms with E-state index in [2.05, 4.69) is 37.2 Å². The van der Waals surface area contributed by atoms with E-state index < -0.39 is 237 Å². The number of aliphatic carboxylic acids is 1. The Balaban J connectivity index is 1.24. The molecular formula is C65H73Cl2N9O24. The number of benzene rings is 5. The van der Waals surface area contributed by atoms with Crippen molar-refractivity contribution in [3.05, 3.63) is 117 Å². The van der Waals surface area contributed by atoms with Crippen LogP contribution in [0.3, 0.4) is 0 Å². The van der Waals surface area contributed by atoms with Gasteiger partial charge < -0.3 is 128 Å². The Labute approximate surface area is 577 Å². The van der Waals surface area contributed by atoms with E-state index in [4.69, 9.17) is 63.1 Å². The Morgan fingerprint density at radius 3 is 1.92 bits per heavy atom. The fraction of sp³-hybridized carbons (Fsp3) is 0.415. The minimum atomic E-state index is -2.34. The van der Waals surface area contributed by atoms with Crippen LogP contribution in [0.25, 0.3) is 11.1 Å². The molecule has 2 fully saturated rings. The molecule has 2 saturated heterocycles. The first-order valence-electron chi connectivity index (χ1n) is 31.3. The Morgan fingerprint density at radius 2 is 1.33 bits per heavy atom. The molecule has 35 heteroatoms. The van der Waals surface area contributed by atoms with Crippen LogP contribution in [0.15, 0.2) is 78.9 Å². The number of aliphatic hydroxyl groups excluding tert-OH is 6. The first kappa shape index (κ1) is 73.5. The van der Waals surface area contributed by atoms with Gasteiger partial charge in [0.2, 0.25) is 53.4 Å². The summed E-state index contributed by atoms with van der Waals surface area (Å²) in [5.41, 5.74) is 7.99. The van der Waals surface area contributed by atoms with Gasteiger partial charge in [-0.3, -0.25) is 33.6 Å². The lowest BCUT2D eigenvalue weighted by molar-refractivity contribution is -0.333. The second-order valence-corrected chi connectivity index (χ2v) is 25.7. The van der Waals surface area contributed by atoms with Gasteiger partial charge in [-0.25, -0.2) is 4.79 Å². The van der Waals surface area contributed by atoms with E-state index in [9.17, 15) is 75.0 Å². The van der Waals surface area contributed by atoms with Crippen LogP contribution in [0.2, 0.25) is 10.0 Å². The lowest BCUT2D eigenvalue weighted by Crippen LogP contribution is -2.64. The molecule has 0 aromatic heterocycles. The molecule has 0 radical (unpaired) electrons. The molecule has 100 heavy (non-hydrogen) atoms. The van der Waals surface area contributed by atoms with E-state index >= 15 is 14.4 Å². The van der Waals surface area contributed by atoms with Gasteiger partial charge in [0.05, 0.1) is 41.3 Å². The van der Waals surface area contributed by atoms with Gasteiger partial charge in [0.25, 0.3) is 0 Å². The summed E-state index contributed by atoms with van der Waals surface area (Å²) in [5.74, 6) is -15.9. The van der Waals surface area contributed by atoms with E-state index in [0.717, 1.165) is 66.7 Å². The summed E-state index contributed by atoms with van der Waals surface area (Å²) in [6.45, 7) is 3.80. The maximum absolute atomic E-state index is 16.0. The standard InChI is InChI=1S/C65H73Cl2N9O24/c1-5-6-33(70-4)57(87)75-48-50(82)25-8-11-37(31(66)14-25)96-39-16-27-17-40(54(39)100-64-55(53(85)52(84)41(22-77)98-64)99-43-21-65(3,69)56(86)23(2)95-43)97-38-12-9-26(15-32(38)67)51(83)49-62(92)74-47(63(93)94)30-18-28(78)19-36(80)44(30)29-13-24(7-10-35(29)79)45(59(89)76-49)73-60(90)46(27)72-58(88)34(20-42(68)81)71-61(48)91/h7-19,23,33-34,41,43,45-53,55-56,64,70,77-80,82-86H,5-6,20-22,69H2,1-4H3,(H2,68,81)(H,71,91)(H,72,88)(H,73,90)(H,74,92)(H,75,87)(H,76,89)(H,93,94). The minimum Gasteiger partial charge on any atom is -0.508 e. The highest BCUT2D eigenvalue weighted by Crippen LogP contribution is 2.50. The zero-order valence-electron chi connectivity index (χ0n) is 53.5. The highest BCUT2D eigenvalue weighted by molar-refractivity contribution is 6.32. The number of phenolic OH excluding ortho intramolecular Hbond substituents is 3. The van der Waals surface area contributed by atoms with Gasteiger partial charge >= 0.3 is 5.97 Å². The number of ether oxygens (including phenoxy) is 6. The summed E-state index contributed by atoms with van der Waals surface area (Å²) < 4.78 is 38.3. The number of aromatic hydroxyl groups is 3. The molecule has 7 aliphatic heterocycles. The predicted molar refractivity (Wildman–Crippen MR) is 345 cm³/mol. The zero-order chi connectivity index (χ0) is 72.7. The average molecular weight is 1440 g/mol. The number of fused-ring (bicyclic) bond motifs is 15. The third-order valence-electron chi connectivity index (χ3n) is 17.6. The van der Waals surface area contributed by atoms with E-state index in [1.807, 2.05) is 0 Å². The number of aliphatic hydroxyl groups is 6. The van der Waals surface area contributed by atoms with E-state index in [1.165, 1.54) is 33.0 Å². The Hall–Kier alpha value is -9.20. The maximum atomic E-state index is 16.0. The minimum absolute atomic E-state index is 0.161. The van der Waals surface area contributed by atoms with E-state index in [-0.39, 0.29) is 40.3 Å². The van der Waals surface area contributed by atoms with Crippen LogP contribution in [0.4, 0.5) is 0 Å². The largest absolute Gasteiger partial charge is 0.508 e. The van der Waals surface area contributed by atoms with Crippen molar-refractivity contribution in [2.75, 3.05) is 13.7 Å². The molecule has 0 saturated carbocycles. The zero-order valence-corrected chi connectivity index (χ0v) is 55.0. The molecule has 12 rings (SSSR count). The molecule has 18 atom stereocenters. The average Bonchev–Trinajstić information content (AvgIpc) is 0.769. The van der Waals surface area contributed by atoms with Gasteiger partial charge in [0.15, 0.2) is 29.9 Å². The summed E-state index contributed by atoms with van der Waals surface area (Å²) in [6, 6.07) is -0.646. The van der Waals surface area contributed by atoms with Crippen molar-refractivity contribution in [1.82, 2.24) is 37.2 Å². The number of primary amides is 1. The summed E-state index contributed by atoms with van der Waals surface area (Å²) in [4.78, 5) is 116. The fourth-order valence-corrected chi connectivity index (χ4v) is 12.8. The second-order valence-electron chi connectivity index (χ2n) is 24.9. The van der Waals surface area contributed by atoms with Crippen molar-refractivity contribution in [2.45, 2.75) is 156 Å². The number of nitrogens with one attached hydrogen (secondary N) is 7. The lowest BCUT2D eigenvalue weighted by Gasteiger charge is -2.47. The highest BCUT2D eigenvalue weighted by Gasteiger charge is 2.51. The number of carbonyl (C=O) groups is 8. The Kier molecular flexibility index (Phi) is 22.0. The molecule has 7 aliphatic rings. The number of rotatable bonds is 13. The summed E-state index contributed by atoms with van der Waals surface area (Å²) in [7, 11) is 1.47. The molecular weight excluding hydrogens is 1360 g/mol. The number of amides is 7. The number of phenols is 3. The number of carboxylic acid groups (broad SMARTS) is 1. The number of carboxylic acids is 1. The maximum Gasteiger partial charge on any atom is 0.330 e. The van der Waals surface area contributed by atoms with Crippen LogP contribution < -0.4 is 62.9 Å². The van der Waals surface area contributed by atoms with Crippen molar-refractivity contribution >= 4 is 70.5 Å². The monoisotopic (exact) mass is 1430 g/mol. The molecule has 5 aromatic rings.